The van der Waals surface area contributed by atoms with Gasteiger partial charge in [0.1, 0.15) is 0 Å². The zero-order chi connectivity index (χ0) is 38.0. The molecule has 268 valence electrons. The molecule has 0 nitrogen and oxygen atoms in total. The van der Waals surface area contributed by atoms with Crippen LogP contribution < -0.4 is 0 Å². The van der Waals surface area contributed by atoms with E-state index in [0.717, 1.165) is 0 Å². The van der Waals surface area contributed by atoms with Crippen LogP contribution in [0, 0.1) is 0 Å². The summed E-state index contributed by atoms with van der Waals surface area (Å²) >= 11 is 1.86. The Balaban J connectivity index is 1.24. The number of rotatable bonds is 8. The standard InChI is InChI=1S/C56H38S/c1-5-18-40(19-6-1)50(41-20-7-2-8-21-41)37-53-47-27-15-16-28-48(47)54(38-51(42-22-9-3-10-23-42)43-24-11-4-12-25-43)52-36-46(31-32-49(52)53)56-34-33-55(57-56)45-30-29-39-17-13-14-26-44(39)35-45/h1-38H. The van der Waals surface area contributed by atoms with Crippen molar-refractivity contribution in [3.8, 4) is 20.9 Å². The molecular weight excluding hydrogens is 705 g/mol. The highest BCUT2D eigenvalue weighted by molar-refractivity contribution is 7.18. The van der Waals surface area contributed by atoms with Crippen molar-refractivity contribution in [2.24, 2.45) is 0 Å². The van der Waals surface area contributed by atoms with Crippen molar-refractivity contribution in [3.63, 3.8) is 0 Å². The molecule has 1 heteroatoms. The summed E-state index contributed by atoms with van der Waals surface area (Å²) in [6.07, 6.45) is 4.84. The fraction of sp³-hybridized carbons (Fsp3) is 0. The molecule has 0 saturated heterocycles. The number of fused-ring (bicyclic) bond motifs is 3. The lowest BCUT2D eigenvalue weighted by Crippen LogP contribution is -1.94. The highest BCUT2D eigenvalue weighted by Crippen LogP contribution is 2.43. The normalized spacial score (nSPS) is 11.2. The van der Waals surface area contributed by atoms with Crippen LogP contribution >= 0.6 is 11.3 Å². The van der Waals surface area contributed by atoms with Crippen molar-refractivity contribution < 1.29 is 0 Å². The fourth-order valence-electron chi connectivity index (χ4n) is 8.13. The highest BCUT2D eigenvalue weighted by Gasteiger charge is 2.17. The molecule has 0 aliphatic heterocycles. The Morgan fingerprint density at radius 3 is 1.19 bits per heavy atom. The van der Waals surface area contributed by atoms with E-state index in [1.165, 1.54) is 97.7 Å². The molecule has 0 spiro atoms. The highest BCUT2D eigenvalue weighted by atomic mass is 32.1. The Morgan fingerprint density at radius 1 is 0.298 bits per heavy atom. The third-order valence-electron chi connectivity index (χ3n) is 10.9. The molecule has 0 amide bonds. The molecule has 57 heavy (non-hydrogen) atoms. The van der Waals surface area contributed by atoms with Crippen molar-refractivity contribution in [3.05, 3.63) is 252 Å². The number of hydrogen-bond donors (Lipinski definition) is 0. The molecule has 0 fully saturated rings. The van der Waals surface area contributed by atoms with E-state index in [4.69, 9.17) is 0 Å². The topological polar surface area (TPSA) is 0 Å². The van der Waals surface area contributed by atoms with Gasteiger partial charge in [-0.2, -0.15) is 0 Å². The van der Waals surface area contributed by atoms with Crippen molar-refractivity contribution in [1.29, 1.82) is 0 Å². The molecule has 0 aliphatic rings. The summed E-state index contributed by atoms with van der Waals surface area (Å²) in [4.78, 5) is 2.52. The van der Waals surface area contributed by atoms with Crippen LogP contribution in [0.15, 0.2) is 218 Å². The number of benzene rings is 9. The van der Waals surface area contributed by atoms with E-state index in [1.807, 2.05) is 11.3 Å². The summed E-state index contributed by atoms with van der Waals surface area (Å²) in [7, 11) is 0. The Kier molecular flexibility index (Phi) is 9.20. The molecule has 9 aromatic carbocycles. The van der Waals surface area contributed by atoms with Crippen molar-refractivity contribution in [2.75, 3.05) is 0 Å². The molecule has 1 heterocycles. The molecule has 0 bridgehead atoms. The van der Waals surface area contributed by atoms with Crippen molar-refractivity contribution in [1.82, 2.24) is 0 Å². The summed E-state index contributed by atoms with van der Waals surface area (Å²) in [5.74, 6) is 0. The Labute approximate surface area is 338 Å². The second-order valence-corrected chi connectivity index (χ2v) is 15.5. The van der Waals surface area contributed by atoms with Gasteiger partial charge in [-0.15, -0.1) is 11.3 Å². The summed E-state index contributed by atoms with van der Waals surface area (Å²) in [6, 6.07) is 79.1. The lowest BCUT2D eigenvalue weighted by Gasteiger charge is -2.18. The summed E-state index contributed by atoms with van der Waals surface area (Å²) in [5.41, 5.74) is 12.1. The molecule has 0 unspecified atom stereocenters. The van der Waals surface area contributed by atoms with Crippen LogP contribution in [0.25, 0.3) is 76.5 Å². The minimum Gasteiger partial charge on any atom is -0.135 e. The average molecular weight is 743 g/mol. The maximum Gasteiger partial charge on any atom is 0.0349 e. The first-order chi connectivity index (χ1) is 28.3. The van der Waals surface area contributed by atoms with Crippen LogP contribution in [-0.4, -0.2) is 0 Å². The largest absolute Gasteiger partial charge is 0.135 e. The van der Waals surface area contributed by atoms with E-state index in [1.54, 1.807) is 0 Å². The summed E-state index contributed by atoms with van der Waals surface area (Å²) in [6.45, 7) is 0. The van der Waals surface area contributed by atoms with Crippen LogP contribution in [0.4, 0.5) is 0 Å². The van der Waals surface area contributed by atoms with Crippen molar-refractivity contribution in [2.45, 2.75) is 0 Å². The van der Waals surface area contributed by atoms with Gasteiger partial charge in [0.25, 0.3) is 0 Å². The molecular formula is C56H38S. The van der Waals surface area contributed by atoms with Crippen LogP contribution in [-0.2, 0) is 0 Å². The van der Waals surface area contributed by atoms with Gasteiger partial charge < -0.3 is 0 Å². The molecule has 0 radical (unpaired) electrons. The third-order valence-corrected chi connectivity index (χ3v) is 12.1. The molecule has 0 atom stereocenters. The van der Waals surface area contributed by atoms with Crippen LogP contribution in [0.2, 0.25) is 0 Å². The van der Waals surface area contributed by atoms with E-state index >= 15 is 0 Å². The predicted molar refractivity (Wildman–Crippen MR) is 247 cm³/mol. The Bertz CT molecular complexity index is 3000. The first kappa shape index (κ1) is 34.4. The monoisotopic (exact) mass is 742 g/mol. The quantitative estimate of drug-likeness (QED) is 0.107. The van der Waals surface area contributed by atoms with Crippen LogP contribution in [0.1, 0.15) is 33.4 Å². The lowest BCUT2D eigenvalue weighted by molar-refractivity contribution is 1.55. The molecule has 10 aromatic rings. The van der Waals surface area contributed by atoms with Gasteiger partial charge in [-0.25, -0.2) is 0 Å². The predicted octanol–water partition coefficient (Wildman–Crippen LogP) is 15.7. The van der Waals surface area contributed by atoms with Gasteiger partial charge in [-0.1, -0.05) is 194 Å². The van der Waals surface area contributed by atoms with Gasteiger partial charge in [-0.3, -0.25) is 0 Å². The Hall–Kier alpha value is -7.06. The first-order valence-corrected chi connectivity index (χ1v) is 20.3. The molecule has 0 N–H and O–H groups in total. The average Bonchev–Trinajstić information content (AvgIpc) is 3.79. The van der Waals surface area contributed by atoms with E-state index in [9.17, 15) is 0 Å². The van der Waals surface area contributed by atoms with E-state index in [2.05, 4.69) is 231 Å². The molecule has 0 saturated carbocycles. The maximum absolute atomic E-state index is 2.43. The van der Waals surface area contributed by atoms with Gasteiger partial charge >= 0.3 is 0 Å². The fourth-order valence-corrected chi connectivity index (χ4v) is 9.12. The third kappa shape index (κ3) is 6.80. The molecule has 0 aliphatic carbocycles. The van der Waals surface area contributed by atoms with Gasteiger partial charge in [0.2, 0.25) is 0 Å². The zero-order valence-corrected chi connectivity index (χ0v) is 32.2. The Morgan fingerprint density at radius 2 is 0.684 bits per heavy atom. The first-order valence-electron chi connectivity index (χ1n) is 19.5. The minimum atomic E-state index is 1.19. The number of hydrogen-bond acceptors (Lipinski definition) is 1. The van der Waals surface area contributed by atoms with E-state index in [0.29, 0.717) is 0 Å². The van der Waals surface area contributed by atoms with E-state index in [-0.39, 0.29) is 0 Å². The molecule has 1 aromatic heterocycles. The SMILES string of the molecule is C(=C(c1ccccc1)c1ccccc1)c1c2ccccc2c(C=C(c2ccccc2)c2ccccc2)c2cc(-c3ccc(-c4ccc5ccccc5c4)s3)ccc12. The van der Waals surface area contributed by atoms with Gasteiger partial charge in [-0.05, 0) is 124 Å². The van der Waals surface area contributed by atoms with Gasteiger partial charge in [0.15, 0.2) is 0 Å². The summed E-state index contributed by atoms with van der Waals surface area (Å²) < 4.78 is 0. The van der Waals surface area contributed by atoms with Gasteiger partial charge in [0.05, 0.1) is 0 Å². The zero-order valence-electron chi connectivity index (χ0n) is 31.3. The molecule has 10 rings (SSSR count). The second-order valence-electron chi connectivity index (χ2n) is 14.4. The second kappa shape index (κ2) is 15.2. The van der Waals surface area contributed by atoms with Gasteiger partial charge in [0, 0.05) is 9.75 Å². The summed E-state index contributed by atoms with van der Waals surface area (Å²) in [5, 5.41) is 7.42. The van der Waals surface area contributed by atoms with Crippen molar-refractivity contribution >= 4 is 67.0 Å². The van der Waals surface area contributed by atoms with E-state index < -0.39 is 0 Å². The minimum absolute atomic E-state index is 1.19. The number of thiophene rings is 1. The van der Waals surface area contributed by atoms with Crippen LogP contribution in [0.3, 0.4) is 0 Å². The van der Waals surface area contributed by atoms with Crippen LogP contribution in [0.5, 0.6) is 0 Å². The maximum atomic E-state index is 2.43. The smallest absolute Gasteiger partial charge is 0.0349 e. The lowest BCUT2D eigenvalue weighted by atomic mass is 9.86.